The quantitative estimate of drug-likeness (QED) is 0.802. The van der Waals surface area contributed by atoms with Crippen LogP contribution in [0.1, 0.15) is 54.8 Å². The summed E-state index contributed by atoms with van der Waals surface area (Å²) in [4.78, 5) is 0. The van der Waals surface area contributed by atoms with Crippen molar-refractivity contribution in [1.82, 2.24) is 19.6 Å². The number of halogens is 1. The zero-order valence-corrected chi connectivity index (χ0v) is 12.9. The summed E-state index contributed by atoms with van der Waals surface area (Å²) in [7, 11) is 0. The number of aromatic nitrogens is 4. The Morgan fingerprint density at radius 1 is 1.21 bits per heavy atom. The van der Waals surface area contributed by atoms with Gasteiger partial charge in [-0.25, -0.2) is 0 Å². The molecule has 2 heterocycles. The summed E-state index contributed by atoms with van der Waals surface area (Å²) < 4.78 is 3.95. The molecule has 0 fully saturated rings. The monoisotopic (exact) mass is 280 g/mol. The maximum absolute atomic E-state index is 6.20. The molecule has 1 atom stereocenters. The van der Waals surface area contributed by atoms with Crippen LogP contribution in [-0.2, 0) is 6.54 Å². The molecule has 2 rings (SSSR count). The molecule has 2 aromatic rings. The van der Waals surface area contributed by atoms with E-state index in [0.29, 0.717) is 12.6 Å². The first kappa shape index (κ1) is 14.1. The van der Waals surface area contributed by atoms with Crippen molar-refractivity contribution in [2.24, 2.45) is 0 Å². The molecule has 0 N–H and O–H groups in total. The highest BCUT2D eigenvalue weighted by atomic mass is 35.5. The average Bonchev–Trinajstić information content (AvgIpc) is 2.85. The first-order valence-electron chi connectivity index (χ1n) is 6.62. The van der Waals surface area contributed by atoms with E-state index in [0.717, 1.165) is 22.6 Å². The first-order valence-corrected chi connectivity index (χ1v) is 7.05. The van der Waals surface area contributed by atoms with Crippen molar-refractivity contribution in [3.05, 3.63) is 34.9 Å². The van der Waals surface area contributed by atoms with Crippen LogP contribution in [0.3, 0.4) is 0 Å². The Labute approximate surface area is 119 Å². The van der Waals surface area contributed by atoms with Gasteiger partial charge in [-0.3, -0.25) is 9.36 Å². The molecule has 104 valence electrons. The molecule has 0 saturated heterocycles. The van der Waals surface area contributed by atoms with E-state index in [-0.39, 0.29) is 5.38 Å². The Morgan fingerprint density at radius 3 is 2.37 bits per heavy atom. The summed E-state index contributed by atoms with van der Waals surface area (Å²) >= 11 is 6.20. The minimum absolute atomic E-state index is 0.0121. The smallest absolute Gasteiger partial charge is 0.0853 e. The van der Waals surface area contributed by atoms with E-state index in [1.165, 1.54) is 0 Å². The highest BCUT2D eigenvalue weighted by Gasteiger charge is 2.16. The molecule has 5 heteroatoms. The number of hydrogen-bond acceptors (Lipinski definition) is 2. The molecule has 0 aliphatic heterocycles. The highest BCUT2D eigenvalue weighted by Crippen LogP contribution is 2.26. The van der Waals surface area contributed by atoms with Crippen molar-refractivity contribution in [2.45, 2.75) is 52.6 Å². The molecule has 19 heavy (non-hydrogen) atoms. The van der Waals surface area contributed by atoms with Crippen molar-refractivity contribution in [1.29, 1.82) is 0 Å². The van der Waals surface area contributed by atoms with Gasteiger partial charge in [-0.2, -0.15) is 10.2 Å². The molecule has 0 aliphatic carbocycles. The molecule has 0 aliphatic rings. The fraction of sp³-hybridized carbons (Fsp3) is 0.571. The number of aryl methyl sites for hydroxylation is 1. The van der Waals surface area contributed by atoms with Gasteiger partial charge in [0, 0.05) is 23.5 Å². The minimum Gasteiger partial charge on any atom is -0.270 e. The molecule has 0 bridgehead atoms. The van der Waals surface area contributed by atoms with Crippen LogP contribution in [0.25, 0.3) is 0 Å². The third-order valence-electron chi connectivity index (χ3n) is 3.34. The van der Waals surface area contributed by atoms with E-state index in [4.69, 9.17) is 11.6 Å². The Morgan fingerprint density at radius 2 is 1.89 bits per heavy atom. The molecule has 0 saturated carbocycles. The predicted octanol–water partition coefficient (Wildman–Crippen LogP) is 3.63. The standard InChI is InChI=1S/C14H21ClN4/c1-9(2)18-7-6-13(17-18)8-19-12(5)14(10(3)15)11(4)16-19/h6-7,9-10H,8H2,1-5H3. The molecular formula is C14H21ClN4. The lowest BCUT2D eigenvalue weighted by Crippen LogP contribution is -2.07. The Balaban J connectivity index is 2.26. The summed E-state index contributed by atoms with van der Waals surface area (Å²) in [6.45, 7) is 11.0. The molecule has 0 aromatic carbocycles. The molecule has 0 radical (unpaired) electrons. The van der Waals surface area contributed by atoms with Crippen LogP contribution in [0.15, 0.2) is 12.3 Å². The second-order valence-electron chi connectivity index (χ2n) is 5.24. The highest BCUT2D eigenvalue weighted by molar-refractivity contribution is 6.20. The molecule has 0 spiro atoms. The van der Waals surface area contributed by atoms with Gasteiger partial charge >= 0.3 is 0 Å². The molecule has 0 amide bonds. The van der Waals surface area contributed by atoms with Gasteiger partial charge in [0.1, 0.15) is 0 Å². The van der Waals surface area contributed by atoms with Crippen LogP contribution in [0.4, 0.5) is 0 Å². The van der Waals surface area contributed by atoms with E-state index < -0.39 is 0 Å². The van der Waals surface area contributed by atoms with Crippen LogP contribution in [0.2, 0.25) is 0 Å². The fourth-order valence-electron chi connectivity index (χ4n) is 2.34. The van der Waals surface area contributed by atoms with Crippen LogP contribution < -0.4 is 0 Å². The van der Waals surface area contributed by atoms with Crippen molar-refractivity contribution in [3.63, 3.8) is 0 Å². The zero-order valence-electron chi connectivity index (χ0n) is 12.2. The van der Waals surface area contributed by atoms with E-state index in [1.54, 1.807) is 0 Å². The predicted molar refractivity (Wildman–Crippen MR) is 77.7 cm³/mol. The van der Waals surface area contributed by atoms with E-state index in [9.17, 15) is 0 Å². The summed E-state index contributed by atoms with van der Waals surface area (Å²) in [5.41, 5.74) is 4.28. The van der Waals surface area contributed by atoms with Gasteiger partial charge in [-0.15, -0.1) is 11.6 Å². The third-order valence-corrected chi connectivity index (χ3v) is 3.56. The lowest BCUT2D eigenvalue weighted by atomic mass is 10.1. The van der Waals surface area contributed by atoms with Gasteiger partial charge in [-0.1, -0.05) is 0 Å². The summed E-state index contributed by atoms with van der Waals surface area (Å²) in [6.07, 6.45) is 2.01. The number of nitrogens with zero attached hydrogens (tertiary/aromatic N) is 4. The van der Waals surface area contributed by atoms with Crippen LogP contribution >= 0.6 is 11.6 Å². The van der Waals surface area contributed by atoms with Gasteiger partial charge in [0.2, 0.25) is 0 Å². The van der Waals surface area contributed by atoms with Gasteiger partial charge < -0.3 is 0 Å². The van der Waals surface area contributed by atoms with Crippen molar-refractivity contribution < 1.29 is 0 Å². The van der Waals surface area contributed by atoms with Crippen LogP contribution in [-0.4, -0.2) is 19.6 Å². The maximum Gasteiger partial charge on any atom is 0.0853 e. The average molecular weight is 281 g/mol. The zero-order chi connectivity index (χ0) is 14.2. The topological polar surface area (TPSA) is 35.6 Å². The Hall–Kier alpha value is -1.29. The molecule has 1 unspecified atom stereocenters. The van der Waals surface area contributed by atoms with Crippen LogP contribution in [0.5, 0.6) is 0 Å². The third kappa shape index (κ3) is 2.84. The van der Waals surface area contributed by atoms with Crippen molar-refractivity contribution in [3.8, 4) is 0 Å². The van der Waals surface area contributed by atoms with Crippen molar-refractivity contribution >= 4 is 11.6 Å². The number of alkyl halides is 1. The maximum atomic E-state index is 6.20. The Kier molecular flexibility index (Phi) is 3.99. The van der Waals surface area contributed by atoms with Gasteiger partial charge in [0.25, 0.3) is 0 Å². The first-order chi connectivity index (χ1) is 8.90. The summed E-state index contributed by atoms with van der Waals surface area (Å²) in [5.74, 6) is 0. The SMILES string of the molecule is Cc1nn(Cc2ccn(C(C)C)n2)c(C)c1C(C)Cl. The van der Waals surface area contributed by atoms with Gasteiger partial charge in [0.05, 0.1) is 23.3 Å². The fourth-order valence-corrected chi connectivity index (χ4v) is 2.66. The van der Waals surface area contributed by atoms with Gasteiger partial charge in [0.15, 0.2) is 0 Å². The molecular weight excluding hydrogens is 260 g/mol. The summed E-state index contributed by atoms with van der Waals surface area (Å²) in [6, 6.07) is 2.42. The van der Waals surface area contributed by atoms with Gasteiger partial charge in [-0.05, 0) is 40.7 Å². The minimum atomic E-state index is -0.0121. The Bertz CT molecular complexity index is 566. The number of rotatable bonds is 4. The van der Waals surface area contributed by atoms with E-state index >= 15 is 0 Å². The lowest BCUT2D eigenvalue weighted by Gasteiger charge is -2.06. The van der Waals surface area contributed by atoms with E-state index in [2.05, 4.69) is 31.0 Å². The van der Waals surface area contributed by atoms with Crippen LogP contribution in [0, 0.1) is 13.8 Å². The number of hydrogen-bond donors (Lipinski definition) is 0. The second-order valence-corrected chi connectivity index (χ2v) is 5.89. The summed E-state index contributed by atoms with van der Waals surface area (Å²) in [5, 5.41) is 9.10. The lowest BCUT2D eigenvalue weighted by molar-refractivity contribution is 0.519. The molecule has 4 nitrogen and oxygen atoms in total. The normalized spacial score (nSPS) is 13.2. The van der Waals surface area contributed by atoms with E-state index in [1.807, 2.05) is 35.5 Å². The largest absolute Gasteiger partial charge is 0.270 e. The van der Waals surface area contributed by atoms with Crippen molar-refractivity contribution in [2.75, 3.05) is 0 Å². The molecule has 2 aromatic heterocycles. The second kappa shape index (κ2) is 5.37.